The van der Waals surface area contributed by atoms with Crippen LogP contribution >= 0.6 is 0 Å². The van der Waals surface area contributed by atoms with Crippen LogP contribution in [0.5, 0.6) is 5.88 Å². The number of fused-ring (bicyclic) bond motifs is 1. The van der Waals surface area contributed by atoms with Gasteiger partial charge in [-0.1, -0.05) is 0 Å². The maximum Gasteiger partial charge on any atom is 0.218 e. The van der Waals surface area contributed by atoms with E-state index in [9.17, 15) is 0 Å². The van der Waals surface area contributed by atoms with E-state index in [-0.39, 0.29) is 0 Å². The molecule has 0 saturated carbocycles. The molecule has 19 heavy (non-hydrogen) atoms. The van der Waals surface area contributed by atoms with Crippen LogP contribution in [0.4, 0.5) is 5.82 Å². The van der Waals surface area contributed by atoms with Gasteiger partial charge in [-0.05, 0) is 19.8 Å². The summed E-state index contributed by atoms with van der Waals surface area (Å²) in [5.74, 6) is 2.56. The first-order valence-corrected chi connectivity index (χ1v) is 6.90. The van der Waals surface area contributed by atoms with E-state index in [1.54, 1.807) is 6.33 Å². The summed E-state index contributed by atoms with van der Waals surface area (Å²) < 4.78 is 5.44. The van der Waals surface area contributed by atoms with E-state index < -0.39 is 0 Å². The van der Waals surface area contributed by atoms with Crippen LogP contribution in [0.2, 0.25) is 0 Å². The molecule has 0 unspecified atom stereocenters. The van der Waals surface area contributed by atoms with Crippen LogP contribution in [-0.4, -0.2) is 53.6 Å². The smallest absolute Gasteiger partial charge is 0.218 e. The Morgan fingerprint density at radius 1 is 1.21 bits per heavy atom. The van der Waals surface area contributed by atoms with Gasteiger partial charge in [0.25, 0.3) is 0 Å². The second-order valence-corrected chi connectivity index (χ2v) is 4.67. The third kappa shape index (κ3) is 2.47. The van der Waals surface area contributed by atoms with Crippen molar-refractivity contribution in [2.45, 2.75) is 19.8 Å². The summed E-state index contributed by atoms with van der Waals surface area (Å²) in [5, 5.41) is 0. The quantitative estimate of drug-likeness (QED) is 0.817. The summed E-state index contributed by atoms with van der Waals surface area (Å²) in [6.07, 6.45) is 3.83. The molecule has 0 radical (unpaired) electrons. The zero-order valence-electron chi connectivity index (χ0n) is 11.2. The number of nitrogens with zero attached hydrogens (tertiary/aromatic N) is 5. The van der Waals surface area contributed by atoms with Crippen molar-refractivity contribution in [3.63, 3.8) is 0 Å². The summed E-state index contributed by atoms with van der Waals surface area (Å²) in [6.45, 7) is 6.63. The van der Waals surface area contributed by atoms with Gasteiger partial charge in [0.2, 0.25) is 11.8 Å². The first kappa shape index (κ1) is 12.2. The molecule has 0 N–H and O–H groups in total. The SMILES string of the molecule is CCOc1cc(N2CCCN3CCCN=C32)ncn1. The molecule has 102 valence electrons. The second kappa shape index (κ2) is 5.42. The van der Waals surface area contributed by atoms with Crippen molar-refractivity contribution in [3.05, 3.63) is 12.4 Å². The van der Waals surface area contributed by atoms with Crippen LogP contribution in [0, 0.1) is 0 Å². The molecule has 1 aromatic heterocycles. The van der Waals surface area contributed by atoms with Gasteiger partial charge in [0.05, 0.1) is 6.61 Å². The second-order valence-electron chi connectivity index (χ2n) is 4.67. The first-order chi connectivity index (χ1) is 9.38. The van der Waals surface area contributed by atoms with Crippen molar-refractivity contribution in [2.75, 3.05) is 37.7 Å². The van der Waals surface area contributed by atoms with Crippen molar-refractivity contribution >= 4 is 11.8 Å². The minimum Gasteiger partial charge on any atom is -0.478 e. The Hall–Kier alpha value is -1.85. The molecule has 0 amide bonds. The van der Waals surface area contributed by atoms with Crippen molar-refractivity contribution in [3.8, 4) is 5.88 Å². The highest BCUT2D eigenvalue weighted by Gasteiger charge is 2.27. The zero-order valence-corrected chi connectivity index (χ0v) is 11.2. The predicted molar refractivity (Wildman–Crippen MR) is 73.7 cm³/mol. The maximum absolute atomic E-state index is 5.44. The summed E-state index contributed by atoms with van der Waals surface area (Å²) in [4.78, 5) is 17.6. The van der Waals surface area contributed by atoms with Gasteiger partial charge in [-0.3, -0.25) is 9.89 Å². The highest BCUT2D eigenvalue weighted by molar-refractivity contribution is 5.96. The Balaban J connectivity index is 1.87. The summed E-state index contributed by atoms with van der Waals surface area (Å²) in [7, 11) is 0. The number of hydrogen-bond donors (Lipinski definition) is 0. The molecule has 0 aliphatic carbocycles. The lowest BCUT2D eigenvalue weighted by Gasteiger charge is -2.40. The molecule has 0 atom stereocenters. The minimum atomic E-state index is 0.615. The molecule has 6 nitrogen and oxygen atoms in total. The molecule has 2 aliphatic rings. The number of guanidine groups is 1. The Kier molecular flexibility index (Phi) is 3.48. The normalized spacial score (nSPS) is 18.9. The third-order valence-electron chi connectivity index (χ3n) is 3.37. The molecule has 3 rings (SSSR count). The van der Waals surface area contributed by atoms with Crippen LogP contribution in [0.15, 0.2) is 17.4 Å². The summed E-state index contributed by atoms with van der Waals surface area (Å²) >= 11 is 0. The van der Waals surface area contributed by atoms with Gasteiger partial charge in [0.15, 0.2) is 0 Å². The van der Waals surface area contributed by atoms with Crippen LogP contribution in [0.1, 0.15) is 19.8 Å². The molecule has 1 aromatic rings. The number of aliphatic imine (C=N–C) groups is 1. The lowest BCUT2D eigenvalue weighted by molar-refractivity contribution is 0.325. The Morgan fingerprint density at radius 2 is 2.11 bits per heavy atom. The van der Waals surface area contributed by atoms with Crippen LogP contribution < -0.4 is 9.64 Å². The molecular weight excluding hydrogens is 242 g/mol. The van der Waals surface area contributed by atoms with Crippen molar-refractivity contribution < 1.29 is 4.74 Å². The monoisotopic (exact) mass is 261 g/mol. The predicted octanol–water partition coefficient (Wildman–Crippen LogP) is 1.15. The number of anilines is 1. The van der Waals surface area contributed by atoms with Gasteiger partial charge in [0, 0.05) is 32.2 Å². The molecule has 0 bridgehead atoms. The minimum absolute atomic E-state index is 0.615. The van der Waals surface area contributed by atoms with Gasteiger partial charge in [-0.15, -0.1) is 0 Å². The lowest BCUT2D eigenvalue weighted by atomic mass is 10.2. The molecule has 6 heteroatoms. The Morgan fingerprint density at radius 3 is 3.00 bits per heavy atom. The third-order valence-corrected chi connectivity index (χ3v) is 3.37. The maximum atomic E-state index is 5.44. The Labute approximate surface area is 113 Å². The van der Waals surface area contributed by atoms with E-state index in [0.29, 0.717) is 12.5 Å². The van der Waals surface area contributed by atoms with Crippen molar-refractivity contribution in [2.24, 2.45) is 4.99 Å². The summed E-state index contributed by atoms with van der Waals surface area (Å²) in [5.41, 5.74) is 0. The number of hydrogen-bond acceptors (Lipinski definition) is 6. The van der Waals surface area contributed by atoms with E-state index in [2.05, 4.69) is 24.8 Å². The summed E-state index contributed by atoms with van der Waals surface area (Å²) in [6, 6.07) is 1.89. The Bertz CT molecular complexity index is 476. The molecular formula is C13H19N5O. The standard InChI is InChI=1S/C13H19N5O/c1-2-19-12-9-11(15-10-16-12)18-8-4-7-17-6-3-5-14-13(17)18/h9-10H,2-8H2,1H3. The van der Waals surface area contributed by atoms with Gasteiger partial charge in [-0.2, -0.15) is 0 Å². The topological polar surface area (TPSA) is 53.9 Å². The molecule has 3 heterocycles. The molecule has 1 fully saturated rings. The average molecular weight is 261 g/mol. The fraction of sp³-hybridized carbons (Fsp3) is 0.615. The molecule has 2 aliphatic heterocycles. The highest BCUT2D eigenvalue weighted by Crippen LogP contribution is 2.22. The fourth-order valence-corrected chi connectivity index (χ4v) is 2.55. The van der Waals surface area contributed by atoms with Crippen molar-refractivity contribution in [1.82, 2.24) is 14.9 Å². The van der Waals surface area contributed by atoms with Gasteiger partial charge in [0.1, 0.15) is 12.1 Å². The molecule has 0 aromatic carbocycles. The van der Waals surface area contributed by atoms with Gasteiger partial charge < -0.3 is 9.64 Å². The first-order valence-electron chi connectivity index (χ1n) is 6.90. The van der Waals surface area contributed by atoms with Gasteiger partial charge >= 0.3 is 0 Å². The van der Waals surface area contributed by atoms with E-state index in [0.717, 1.165) is 50.8 Å². The van der Waals surface area contributed by atoms with Crippen LogP contribution in [0.3, 0.4) is 0 Å². The van der Waals surface area contributed by atoms with Crippen molar-refractivity contribution in [1.29, 1.82) is 0 Å². The number of rotatable bonds is 3. The fourth-order valence-electron chi connectivity index (χ4n) is 2.55. The number of ether oxygens (including phenoxy) is 1. The van der Waals surface area contributed by atoms with Gasteiger partial charge in [-0.25, -0.2) is 9.97 Å². The van der Waals surface area contributed by atoms with E-state index in [1.807, 2.05) is 13.0 Å². The number of aromatic nitrogens is 2. The molecule has 1 saturated heterocycles. The largest absolute Gasteiger partial charge is 0.478 e. The van der Waals surface area contributed by atoms with Crippen LogP contribution in [-0.2, 0) is 0 Å². The molecule has 0 spiro atoms. The highest BCUT2D eigenvalue weighted by atomic mass is 16.5. The van der Waals surface area contributed by atoms with E-state index in [4.69, 9.17) is 4.74 Å². The average Bonchev–Trinajstić information content (AvgIpc) is 2.47. The zero-order chi connectivity index (χ0) is 13.1. The van der Waals surface area contributed by atoms with Crippen LogP contribution in [0.25, 0.3) is 0 Å². The lowest BCUT2D eigenvalue weighted by Crippen LogP contribution is -2.52. The van der Waals surface area contributed by atoms with E-state index >= 15 is 0 Å². The van der Waals surface area contributed by atoms with E-state index in [1.165, 1.54) is 0 Å².